The van der Waals surface area contributed by atoms with Crippen molar-refractivity contribution in [2.45, 2.75) is 278 Å². The average Bonchev–Trinajstić information content (AvgIpc) is 0.752. The minimum absolute atomic E-state index is 0.170. The maximum absolute atomic E-state index is 14.3. The summed E-state index contributed by atoms with van der Waals surface area (Å²) >= 11 is 0. The van der Waals surface area contributed by atoms with Crippen molar-refractivity contribution in [1.82, 2.24) is 26.6 Å². The molecule has 0 unspecified atom stereocenters. The fraction of sp³-hybridized carbons (Fsp3) is 0.873. The summed E-state index contributed by atoms with van der Waals surface area (Å²) in [5.74, 6) is -22.3. The van der Waals surface area contributed by atoms with E-state index in [1.165, 1.54) is 0 Å². The summed E-state index contributed by atoms with van der Waals surface area (Å²) in [6.07, 6.45) is -79.1. The van der Waals surface area contributed by atoms with E-state index in [-0.39, 0.29) is 6.41 Å². The summed E-state index contributed by atoms with van der Waals surface area (Å²) in [5.41, 5.74) is 0. The molecule has 5 amide bonds. The number of hydrogen-bond acceptors (Lipinski definition) is 45. The van der Waals surface area contributed by atoms with E-state index >= 15 is 0 Å². The van der Waals surface area contributed by atoms with Crippen molar-refractivity contribution in [1.29, 1.82) is 0 Å². The van der Waals surface area contributed by atoms with Crippen LogP contribution in [0.3, 0.4) is 0 Å². The first-order chi connectivity index (χ1) is 54.6. The van der Waals surface area contributed by atoms with Crippen LogP contribution in [0.5, 0.6) is 0 Å². The van der Waals surface area contributed by atoms with Crippen molar-refractivity contribution < 1.29 is 237 Å². The van der Waals surface area contributed by atoms with Gasteiger partial charge in [0.2, 0.25) is 30.0 Å². The summed E-state index contributed by atoms with van der Waals surface area (Å²) < 4.78 is 82.0. The molecule has 0 spiro atoms. The van der Waals surface area contributed by atoms with Gasteiger partial charge in [0.1, 0.15) is 159 Å². The van der Waals surface area contributed by atoms with Crippen LogP contribution in [0.1, 0.15) is 40.0 Å². The first kappa shape index (κ1) is 97.4. The normalized spacial score (nSPS) is 41.4. The maximum Gasteiger partial charge on any atom is 0.364 e. The Bertz CT molecular complexity index is 3220. The van der Waals surface area contributed by atoms with Crippen LogP contribution in [-0.2, 0) is 105 Å². The lowest BCUT2D eigenvalue weighted by molar-refractivity contribution is -0.405. The summed E-state index contributed by atoms with van der Waals surface area (Å²) in [5, 5.41) is 300. The Kier molecular flexibility index (Phi) is 35.4. The molecule has 7 saturated heterocycles. The summed E-state index contributed by atoms with van der Waals surface area (Å²) in [6, 6.07) is -9.46. The molecule has 0 aromatic carbocycles. The molecule has 53 nitrogen and oxygen atoms in total. The number of ether oxygens (including phenoxy) is 14. The van der Waals surface area contributed by atoms with E-state index in [1.54, 1.807) is 0 Å². The van der Waals surface area contributed by atoms with Gasteiger partial charge in [0.25, 0.3) is 17.4 Å². The number of aliphatic hydroxyl groups is 23. The smallest absolute Gasteiger partial charge is 0.364 e. The number of hydrogen-bond donors (Lipinski definition) is 31. The van der Waals surface area contributed by atoms with E-state index in [9.17, 15) is 171 Å². The molecule has 0 bridgehead atoms. The zero-order chi connectivity index (χ0) is 86.7. The Balaban J connectivity index is 1.34. The molecule has 53 heteroatoms. The van der Waals surface area contributed by atoms with Crippen molar-refractivity contribution in [2.75, 3.05) is 66.1 Å². The third-order valence-corrected chi connectivity index (χ3v) is 20.2. The van der Waals surface area contributed by atoms with Gasteiger partial charge >= 0.3 is 17.9 Å². The van der Waals surface area contributed by atoms with Gasteiger partial charge in [0, 0.05) is 40.0 Å². The number of aliphatic hydroxyl groups excluding tert-OH is 23. The van der Waals surface area contributed by atoms with Crippen LogP contribution in [0, 0.1) is 0 Å². The molecule has 0 aliphatic carbocycles. The van der Waals surface area contributed by atoms with Crippen molar-refractivity contribution in [3.05, 3.63) is 0 Å². The second kappa shape index (κ2) is 42.2. The number of nitrogens with one attached hydrogen (secondary N) is 5. The number of carboxylic acids is 3. The second-order valence-electron chi connectivity index (χ2n) is 28.3. The van der Waals surface area contributed by atoms with Crippen molar-refractivity contribution in [3.63, 3.8) is 0 Å². The van der Waals surface area contributed by atoms with E-state index < -0.39 is 364 Å². The molecule has 668 valence electrons. The van der Waals surface area contributed by atoms with Crippen LogP contribution < -0.4 is 26.6 Å². The number of carbonyl (C=O) groups is 8. The highest BCUT2D eigenvalue weighted by molar-refractivity contribution is 5.79. The zero-order valence-corrected chi connectivity index (χ0v) is 61.7. The predicted octanol–water partition coefficient (Wildman–Crippen LogP) is -20.0. The first-order valence-corrected chi connectivity index (χ1v) is 35.9. The molecular weight excluding hydrogens is 1590 g/mol. The monoisotopic (exact) mass is 1700 g/mol. The lowest BCUT2D eigenvalue weighted by atomic mass is 9.87. The van der Waals surface area contributed by atoms with Crippen LogP contribution in [0.15, 0.2) is 0 Å². The minimum atomic E-state index is -3.85. The first-order valence-electron chi connectivity index (χ1n) is 35.9. The van der Waals surface area contributed by atoms with Crippen LogP contribution in [0.4, 0.5) is 0 Å². The van der Waals surface area contributed by atoms with Crippen molar-refractivity contribution >= 4 is 47.9 Å². The summed E-state index contributed by atoms with van der Waals surface area (Å²) in [4.78, 5) is 103. The van der Waals surface area contributed by atoms with Gasteiger partial charge in [-0.2, -0.15) is 0 Å². The molecule has 7 aliphatic rings. The number of carboxylic acid groups (broad SMARTS) is 3. The van der Waals surface area contributed by atoms with Gasteiger partial charge in [-0.1, -0.05) is 0 Å². The van der Waals surface area contributed by atoms with E-state index in [1.807, 2.05) is 5.32 Å². The molecule has 0 radical (unpaired) electrons. The number of aliphatic carboxylic acids is 3. The quantitative estimate of drug-likeness (QED) is 0.0254. The Labute approximate surface area is 654 Å². The van der Waals surface area contributed by atoms with Crippen LogP contribution in [0.2, 0.25) is 0 Å². The van der Waals surface area contributed by atoms with E-state index in [2.05, 4.69) is 21.3 Å². The van der Waals surface area contributed by atoms with Crippen LogP contribution >= 0.6 is 0 Å². The Morgan fingerprint density at radius 1 is 0.422 bits per heavy atom. The summed E-state index contributed by atoms with van der Waals surface area (Å²) in [7, 11) is 0. The fourth-order valence-corrected chi connectivity index (χ4v) is 14.3. The number of amides is 5. The standard InChI is InChI=1S/C63H103N5O48/c1-18(79)65-33-22(82)4-61(58(97)98,112-49(33)37(88)25(85)8-70)111-29(12-74)41(92)51-35(68-32(87)15-77)24(84)6-63(114-51,60(101)102)116-53-45(96)57(108-46-30(13-75)106-55(43(94)42(46)93)103-16-21(7-69)64-17-78)107-31(14-76)47(53)109-54-36(67-20(3)81)48(39(90)27(10-72)104-54)110-56-44(95)52(40(91)28(11-73)105-56)115-62(59(99)100)5-23(83)34(66-19(2)80)50(113-62)38(89)26(86)9-71/h17,21-31,33-57,69-77,82-86,88-96H,4-16H2,1-3H3,(H,64,78)(H,65,79)(H,66,80)(H,67,81)(H,68,87)(H,97,98)(H,99,100)(H,101,102)/t21-,22+,23+,24+,25-,26-,27-,28-,29-,30-,31-,33-,34-,35-,36-,37-,38-,39+,40+,41-,42-,43-,44-,45-,46-,47+,48-,49-,50-,51-,52+,53-,54+,55-,56+,57+,61-,62+,63+/m1/s1. The average molecular weight is 1700 g/mol. The van der Waals surface area contributed by atoms with Gasteiger partial charge in [0.15, 0.2) is 25.2 Å². The number of carbonyl (C=O) groups excluding carboxylic acids is 5. The molecule has 31 N–H and O–H groups in total. The SMILES string of the molecule is CC(=O)N[C@H]1[C@H](O[C@@H]2[C@H](O[C@]3(C(=O)O)C[C@H](O)[C@@H](NC(=O)CO)[C@H]([C@H](O)[C@@H](CO)O[C@]4(C(=O)O)C[C@H](O)[C@@H](NC(C)=O)[C@H]([C@H](O)[C@H](O)CO)O4)O3)[C@@H](O)[C@H](O[C@H]3[C@H](O)[C@@H](O)[C@H](OC[C@@H](CO)NC=O)O[C@@H]3CO)O[C@@H]2CO)O[C@H](CO)[C@H](O)[C@@H]1O[C@@H]1O[C@H](CO)[C@H](O)[C@H](O[C@]2(C(=O)O)C[C@H](O)[C@@H](NC(C)=O)[C@H]([C@H](O)[C@H](O)CO)O2)[C@H]1O. The van der Waals surface area contributed by atoms with E-state index in [0.29, 0.717) is 0 Å². The lowest BCUT2D eigenvalue weighted by Gasteiger charge is -2.53. The molecule has 0 aromatic heterocycles. The molecular formula is C63H103N5O48. The molecule has 7 fully saturated rings. The Morgan fingerprint density at radius 3 is 1.25 bits per heavy atom. The topological polar surface area (TPSA) is 852 Å². The summed E-state index contributed by atoms with van der Waals surface area (Å²) in [6.45, 7) is -9.90. The van der Waals surface area contributed by atoms with Gasteiger partial charge in [-0.05, 0) is 0 Å². The van der Waals surface area contributed by atoms with Gasteiger partial charge < -0.3 is 226 Å². The van der Waals surface area contributed by atoms with E-state index in [0.717, 1.165) is 20.8 Å². The number of rotatable bonds is 39. The largest absolute Gasteiger partial charge is 0.477 e. The minimum Gasteiger partial charge on any atom is -0.477 e. The lowest BCUT2D eigenvalue weighted by Crippen LogP contribution is -2.73. The molecule has 0 aromatic rings. The third-order valence-electron chi connectivity index (χ3n) is 20.2. The zero-order valence-electron chi connectivity index (χ0n) is 61.7. The van der Waals surface area contributed by atoms with Crippen LogP contribution in [0.25, 0.3) is 0 Å². The molecule has 0 saturated carbocycles. The van der Waals surface area contributed by atoms with Gasteiger partial charge in [-0.25, -0.2) is 14.4 Å². The van der Waals surface area contributed by atoms with E-state index in [4.69, 9.17) is 66.3 Å². The van der Waals surface area contributed by atoms with Gasteiger partial charge in [-0.3, -0.25) is 24.0 Å². The second-order valence-corrected chi connectivity index (χ2v) is 28.3. The molecule has 39 atom stereocenters. The fourth-order valence-electron chi connectivity index (χ4n) is 14.3. The van der Waals surface area contributed by atoms with Gasteiger partial charge in [-0.15, -0.1) is 0 Å². The van der Waals surface area contributed by atoms with Gasteiger partial charge in [0.05, 0.1) is 102 Å². The molecule has 7 rings (SSSR count). The Hall–Kier alpha value is -5.72. The van der Waals surface area contributed by atoms with Crippen molar-refractivity contribution in [2.24, 2.45) is 0 Å². The highest BCUT2D eigenvalue weighted by Gasteiger charge is 2.66. The molecule has 116 heavy (non-hydrogen) atoms. The van der Waals surface area contributed by atoms with Crippen LogP contribution in [-0.4, -0.2) is 484 Å². The highest BCUT2D eigenvalue weighted by atomic mass is 16.8. The maximum atomic E-state index is 14.3. The molecule has 7 aliphatic heterocycles. The Morgan fingerprint density at radius 2 is 0.810 bits per heavy atom. The van der Waals surface area contributed by atoms with Crippen molar-refractivity contribution in [3.8, 4) is 0 Å². The highest BCUT2D eigenvalue weighted by Crippen LogP contribution is 2.44. The predicted molar refractivity (Wildman–Crippen MR) is 355 cm³/mol. The molecule has 7 heterocycles. The third kappa shape index (κ3) is 21.8.